The first-order valence-corrected chi connectivity index (χ1v) is 11.1. The predicted octanol–water partition coefficient (Wildman–Crippen LogP) is 4.91. The summed E-state index contributed by atoms with van der Waals surface area (Å²) in [6.07, 6.45) is 1.57. The smallest absolute Gasteiger partial charge is 0.317 e. The molecule has 2 aromatic heterocycles. The highest BCUT2D eigenvalue weighted by molar-refractivity contribution is 7.18. The lowest BCUT2D eigenvalue weighted by Gasteiger charge is -2.06. The van der Waals surface area contributed by atoms with E-state index in [-0.39, 0.29) is 12.4 Å². The van der Waals surface area contributed by atoms with Gasteiger partial charge >= 0.3 is 5.97 Å². The summed E-state index contributed by atoms with van der Waals surface area (Å²) >= 11 is 1.58. The number of tetrazole rings is 1. The van der Waals surface area contributed by atoms with Gasteiger partial charge in [0.05, 0.1) is 22.7 Å². The number of aromatic nitrogens is 5. The standard InChI is InChI=1S/C25H19N5O2S/c1-17-7-9-18(10-8-17)24-22(27-25(33-24)19-5-3-2-4-6-19)15-23(31)32-21-13-11-20(12-14-21)30-16-26-28-29-30/h2-14,16H,15H2,1H3. The van der Waals surface area contributed by atoms with E-state index >= 15 is 0 Å². The van der Waals surface area contributed by atoms with Crippen LogP contribution in [-0.4, -0.2) is 31.2 Å². The van der Waals surface area contributed by atoms with Crippen molar-refractivity contribution >= 4 is 17.3 Å². The highest BCUT2D eigenvalue weighted by atomic mass is 32.1. The lowest BCUT2D eigenvalue weighted by Crippen LogP contribution is -2.12. The predicted molar refractivity (Wildman–Crippen MR) is 126 cm³/mol. The molecule has 3 aromatic carbocycles. The molecule has 7 nitrogen and oxygen atoms in total. The molecule has 0 bridgehead atoms. The molecular weight excluding hydrogens is 434 g/mol. The summed E-state index contributed by atoms with van der Waals surface area (Å²) in [6.45, 7) is 2.05. The maximum atomic E-state index is 12.8. The molecule has 0 spiro atoms. The van der Waals surface area contributed by atoms with E-state index in [1.54, 1.807) is 35.6 Å². The fraction of sp³-hybridized carbons (Fsp3) is 0.0800. The van der Waals surface area contributed by atoms with Gasteiger partial charge in [-0.1, -0.05) is 60.2 Å². The van der Waals surface area contributed by atoms with Crippen LogP contribution in [0.2, 0.25) is 0 Å². The Balaban J connectivity index is 1.39. The van der Waals surface area contributed by atoms with Crippen LogP contribution >= 0.6 is 11.3 Å². The van der Waals surface area contributed by atoms with Crippen LogP contribution in [0.25, 0.3) is 26.7 Å². The molecule has 0 saturated carbocycles. The molecule has 162 valence electrons. The van der Waals surface area contributed by atoms with Gasteiger partial charge in [0.15, 0.2) is 0 Å². The third kappa shape index (κ3) is 4.70. The molecule has 0 aliphatic heterocycles. The first-order chi connectivity index (χ1) is 16.2. The number of benzene rings is 3. The molecule has 0 aliphatic carbocycles. The van der Waals surface area contributed by atoms with E-state index in [0.29, 0.717) is 11.4 Å². The van der Waals surface area contributed by atoms with Crippen LogP contribution in [0.3, 0.4) is 0 Å². The van der Waals surface area contributed by atoms with E-state index < -0.39 is 0 Å². The Labute approximate surface area is 194 Å². The van der Waals surface area contributed by atoms with Crippen LogP contribution in [0.1, 0.15) is 11.3 Å². The van der Waals surface area contributed by atoms with Gasteiger partial charge in [-0.05, 0) is 47.2 Å². The zero-order chi connectivity index (χ0) is 22.6. The molecule has 0 N–H and O–H groups in total. The molecule has 8 heteroatoms. The first kappa shape index (κ1) is 20.7. The Morgan fingerprint density at radius 1 is 0.939 bits per heavy atom. The van der Waals surface area contributed by atoms with E-state index in [1.807, 2.05) is 30.3 Å². The third-order valence-electron chi connectivity index (χ3n) is 5.03. The van der Waals surface area contributed by atoms with Crippen LogP contribution in [0.15, 0.2) is 85.2 Å². The van der Waals surface area contributed by atoms with Crippen LogP contribution in [-0.2, 0) is 11.2 Å². The van der Waals surface area contributed by atoms with Gasteiger partial charge in [0, 0.05) is 5.56 Å². The molecular formula is C25H19N5O2S. The van der Waals surface area contributed by atoms with Crippen molar-refractivity contribution in [1.82, 2.24) is 25.2 Å². The Hall–Kier alpha value is -4.17. The number of esters is 1. The van der Waals surface area contributed by atoms with Gasteiger partial charge in [-0.3, -0.25) is 4.79 Å². The summed E-state index contributed by atoms with van der Waals surface area (Å²) in [5, 5.41) is 12.0. The second kappa shape index (κ2) is 9.13. The quantitative estimate of drug-likeness (QED) is 0.268. The Morgan fingerprint density at radius 3 is 2.39 bits per heavy atom. The summed E-state index contributed by atoms with van der Waals surface area (Å²) in [7, 11) is 0. The van der Waals surface area contributed by atoms with Crippen LogP contribution in [0.5, 0.6) is 5.75 Å². The molecule has 0 radical (unpaired) electrons. The van der Waals surface area contributed by atoms with Crippen LogP contribution < -0.4 is 4.74 Å². The van der Waals surface area contributed by atoms with Crippen molar-refractivity contribution in [3.63, 3.8) is 0 Å². The van der Waals surface area contributed by atoms with Gasteiger partial charge in [-0.2, -0.15) is 0 Å². The van der Waals surface area contributed by atoms with E-state index in [1.165, 1.54) is 16.6 Å². The molecule has 0 amide bonds. The SMILES string of the molecule is Cc1ccc(-c2sc(-c3ccccc3)nc2CC(=O)Oc2ccc(-n3cnnn3)cc2)cc1. The number of rotatable bonds is 6. The average Bonchev–Trinajstić information content (AvgIpc) is 3.52. The third-order valence-corrected chi connectivity index (χ3v) is 6.22. The first-order valence-electron chi connectivity index (χ1n) is 10.3. The topological polar surface area (TPSA) is 82.8 Å². The molecule has 0 atom stereocenters. The minimum atomic E-state index is -0.372. The van der Waals surface area contributed by atoms with Crippen LogP contribution in [0, 0.1) is 6.92 Å². The van der Waals surface area contributed by atoms with Gasteiger partial charge in [0.25, 0.3) is 0 Å². The number of carbonyl (C=O) groups excluding carboxylic acids is 1. The van der Waals surface area contributed by atoms with Crippen molar-refractivity contribution in [3.05, 3.63) is 96.4 Å². The number of aryl methyl sites for hydroxylation is 1. The summed E-state index contributed by atoms with van der Waals surface area (Å²) in [5.41, 5.74) is 4.71. The molecule has 2 heterocycles. The van der Waals surface area contributed by atoms with Crippen molar-refractivity contribution in [1.29, 1.82) is 0 Å². The number of nitrogens with zero attached hydrogens (tertiary/aromatic N) is 5. The fourth-order valence-corrected chi connectivity index (χ4v) is 4.45. The fourth-order valence-electron chi connectivity index (χ4n) is 3.36. The van der Waals surface area contributed by atoms with Gasteiger partial charge in [0.1, 0.15) is 17.1 Å². The summed E-state index contributed by atoms with van der Waals surface area (Å²) in [5.74, 6) is 0.0793. The molecule has 0 unspecified atom stereocenters. The van der Waals surface area contributed by atoms with E-state index in [9.17, 15) is 4.79 Å². The molecule has 33 heavy (non-hydrogen) atoms. The van der Waals surface area contributed by atoms with E-state index in [4.69, 9.17) is 9.72 Å². The average molecular weight is 454 g/mol. The molecule has 0 fully saturated rings. The summed E-state index contributed by atoms with van der Waals surface area (Å²) < 4.78 is 7.11. The Bertz CT molecular complexity index is 1360. The maximum absolute atomic E-state index is 12.8. The molecule has 5 rings (SSSR count). The van der Waals surface area contributed by atoms with Crippen molar-refractivity contribution in [3.8, 4) is 32.4 Å². The van der Waals surface area contributed by atoms with Gasteiger partial charge < -0.3 is 4.74 Å². The lowest BCUT2D eigenvalue weighted by atomic mass is 10.1. The summed E-state index contributed by atoms with van der Waals surface area (Å²) in [6, 6.07) is 25.2. The number of carbonyl (C=O) groups is 1. The number of thiazole rings is 1. The van der Waals surface area contributed by atoms with Crippen molar-refractivity contribution in [2.75, 3.05) is 0 Å². The van der Waals surface area contributed by atoms with E-state index in [2.05, 4.69) is 46.7 Å². The monoisotopic (exact) mass is 453 g/mol. The second-order valence-electron chi connectivity index (χ2n) is 7.43. The van der Waals surface area contributed by atoms with Gasteiger partial charge in [-0.15, -0.1) is 16.4 Å². The maximum Gasteiger partial charge on any atom is 0.317 e. The summed E-state index contributed by atoms with van der Waals surface area (Å²) in [4.78, 5) is 18.6. The van der Waals surface area contributed by atoms with Gasteiger partial charge in [-0.25, -0.2) is 9.67 Å². The number of hydrogen-bond acceptors (Lipinski definition) is 7. The largest absolute Gasteiger partial charge is 0.426 e. The Kier molecular flexibility index (Phi) is 5.73. The minimum Gasteiger partial charge on any atom is -0.426 e. The number of ether oxygens (including phenoxy) is 1. The lowest BCUT2D eigenvalue weighted by molar-refractivity contribution is -0.133. The zero-order valence-electron chi connectivity index (χ0n) is 17.8. The molecule has 0 saturated heterocycles. The highest BCUT2D eigenvalue weighted by Crippen LogP contribution is 2.36. The molecule has 5 aromatic rings. The van der Waals surface area contributed by atoms with Crippen molar-refractivity contribution in [2.24, 2.45) is 0 Å². The van der Waals surface area contributed by atoms with Crippen LogP contribution in [0.4, 0.5) is 0 Å². The number of hydrogen-bond donors (Lipinski definition) is 0. The van der Waals surface area contributed by atoms with Crippen molar-refractivity contribution < 1.29 is 9.53 Å². The normalized spacial score (nSPS) is 10.8. The highest BCUT2D eigenvalue weighted by Gasteiger charge is 2.18. The second-order valence-corrected chi connectivity index (χ2v) is 8.43. The molecule has 0 aliphatic rings. The van der Waals surface area contributed by atoms with E-state index in [0.717, 1.165) is 26.7 Å². The van der Waals surface area contributed by atoms with Gasteiger partial charge in [0.2, 0.25) is 0 Å². The zero-order valence-corrected chi connectivity index (χ0v) is 18.6. The Morgan fingerprint density at radius 2 is 1.70 bits per heavy atom. The van der Waals surface area contributed by atoms with Crippen molar-refractivity contribution in [2.45, 2.75) is 13.3 Å². The minimum absolute atomic E-state index is 0.0707.